The van der Waals surface area contributed by atoms with E-state index in [9.17, 15) is 4.79 Å². The van der Waals surface area contributed by atoms with E-state index in [0.29, 0.717) is 11.4 Å². The van der Waals surface area contributed by atoms with Crippen LogP contribution in [0.5, 0.6) is 0 Å². The van der Waals surface area contributed by atoms with Gasteiger partial charge in [-0.3, -0.25) is 4.79 Å². The zero-order valence-electron chi connectivity index (χ0n) is 10.3. The van der Waals surface area contributed by atoms with E-state index in [1.165, 1.54) is 0 Å². The van der Waals surface area contributed by atoms with Gasteiger partial charge in [0.2, 0.25) is 0 Å². The second-order valence-corrected chi connectivity index (χ2v) is 3.85. The van der Waals surface area contributed by atoms with E-state index in [4.69, 9.17) is 0 Å². The fourth-order valence-electron chi connectivity index (χ4n) is 1.57. The van der Waals surface area contributed by atoms with Gasteiger partial charge in [0.15, 0.2) is 0 Å². The van der Waals surface area contributed by atoms with Crippen LogP contribution < -0.4 is 10.6 Å². The minimum Gasteiger partial charge on any atom is -0.373 e. The summed E-state index contributed by atoms with van der Waals surface area (Å²) in [6, 6.07) is 3.20. The van der Waals surface area contributed by atoms with Gasteiger partial charge in [-0.25, -0.2) is 9.97 Å². The lowest BCUT2D eigenvalue weighted by molar-refractivity contribution is 0.0938. The molecule has 0 radical (unpaired) electrons. The quantitative estimate of drug-likeness (QED) is 0.759. The fraction of sp³-hybridized carbons (Fsp3) is 0.250. The van der Waals surface area contributed by atoms with E-state index in [0.717, 1.165) is 5.82 Å². The van der Waals surface area contributed by atoms with Crippen molar-refractivity contribution in [2.45, 2.75) is 13.0 Å². The number of hydrogen-bond acceptors (Lipinski definition) is 4. The largest absolute Gasteiger partial charge is 0.373 e. The van der Waals surface area contributed by atoms with Gasteiger partial charge in [0, 0.05) is 31.2 Å². The highest BCUT2D eigenvalue weighted by atomic mass is 16.1. The molecule has 0 aliphatic carbocycles. The molecule has 0 spiro atoms. The maximum Gasteiger partial charge on any atom is 0.252 e. The highest BCUT2D eigenvalue weighted by Crippen LogP contribution is 2.09. The van der Waals surface area contributed by atoms with Crippen LogP contribution >= 0.6 is 0 Å². The molecule has 6 heteroatoms. The summed E-state index contributed by atoms with van der Waals surface area (Å²) in [6.45, 7) is 1.87. The van der Waals surface area contributed by atoms with Gasteiger partial charge in [-0.05, 0) is 19.1 Å². The monoisotopic (exact) mass is 245 g/mol. The summed E-state index contributed by atoms with van der Waals surface area (Å²) < 4.78 is 0. The molecule has 1 amide bonds. The Kier molecular flexibility index (Phi) is 3.57. The molecule has 1 unspecified atom stereocenters. The van der Waals surface area contributed by atoms with Gasteiger partial charge < -0.3 is 15.6 Å². The van der Waals surface area contributed by atoms with Gasteiger partial charge >= 0.3 is 0 Å². The van der Waals surface area contributed by atoms with E-state index >= 15 is 0 Å². The number of amides is 1. The third-order valence-electron chi connectivity index (χ3n) is 2.56. The SMILES string of the molecule is CNc1cc(C(=O)NC(C)c2ncc[nH]2)ccn1. The zero-order chi connectivity index (χ0) is 13.0. The molecule has 0 aliphatic rings. The van der Waals surface area contributed by atoms with Crippen LogP contribution in [0.15, 0.2) is 30.7 Å². The van der Waals surface area contributed by atoms with E-state index < -0.39 is 0 Å². The van der Waals surface area contributed by atoms with Crippen molar-refractivity contribution in [3.63, 3.8) is 0 Å². The van der Waals surface area contributed by atoms with Crippen LogP contribution in [0.2, 0.25) is 0 Å². The summed E-state index contributed by atoms with van der Waals surface area (Å²) in [5, 5.41) is 5.76. The minimum atomic E-state index is -0.168. The van der Waals surface area contributed by atoms with Gasteiger partial charge in [-0.1, -0.05) is 0 Å². The van der Waals surface area contributed by atoms with Gasteiger partial charge in [0.25, 0.3) is 5.91 Å². The molecule has 2 aromatic heterocycles. The topological polar surface area (TPSA) is 82.7 Å². The second kappa shape index (κ2) is 5.31. The predicted molar refractivity (Wildman–Crippen MR) is 68.3 cm³/mol. The number of hydrogen-bond donors (Lipinski definition) is 3. The predicted octanol–water partition coefficient (Wildman–Crippen LogP) is 1.34. The Morgan fingerprint density at radius 2 is 2.22 bits per heavy atom. The number of nitrogens with one attached hydrogen (secondary N) is 3. The van der Waals surface area contributed by atoms with Crippen molar-refractivity contribution in [2.75, 3.05) is 12.4 Å². The van der Waals surface area contributed by atoms with Crippen molar-refractivity contribution < 1.29 is 4.79 Å². The van der Waals surface area contributed by atoms with Crippen molar-refractivity contribution in [2.24, 2.45) is 0 Å². The molecule has 0 bridgehead atoms. The second-order valence-electron chi connectivity index (χ2n) is 3.85. The number of aromatic nitrogens is 3. The van der Waals surface area contributed by atoms with Crippen molar-refractivity contribution in [3.05, 3.63) is 42.1 Å². The Morgan fingerprint density at radius 1 is 1.39 bits per heavy atom. The van der Waals surface area contributed by atoms with Gasteiger partial charge in [0.05, 0.1) is 6.04 Å². The molecule has 18 heavy (non-hydrogen) atoms. The first-order valence-electron chi connectivity index (χ1n) is 5.64. The molecular weight excluding hydrogens is 230 g/mol. The molecule has 2 heterocycles. The summed E-state index contributed by atoms with van der Waals surface area (Å²) in [5.41, 5.74) is 0.563. The fourth-order valence-corrected chi connectivity index (χ4v) is 1.57. The Morgan fingerprint density at radius 3 is 2.89 bits per heavy atom. The molecular formula is C12H15N5O. The summed E-state index contributed by atoms with van der Waals surface area (Å²) >= 11 is 0. The van der Waals surface area contributed by atoms with Crippen LogP contribution in [0.25, 0.3) is 0 Å². The van der Waals surface area contributed by atoms with Crippen LogP contribution in [0, 0.1) is 0 Å². The molecule has 0 aliphatic heterocycles. The van der Waals surface area contributed by atoms with Crippen LogP contribution in [-0.4, -0.2) is 27.9 Å². The first kappa shape index (κ1) is 12.1. The lowest BCUT2D eigenvalue weighted by Gasteiger charge is -2.11. The number of H-pyrrole nitrogens is 1. The molecule has 94 valence electrons. The third kappa shape index (κ3) is 2.65. The minimum absolute atomic E-state index is 0.155. The van der Waals surface area contributed by atoms with E-state index in [2.05, 4.69) is 25.6 Å². The van der Waals surface area contributed by atoms with Crippen molar-refractivity contribution in [1.82, 2.24) is 20.3 Å². The summed E-state index contributed by atoms with van der Waals surface area (Å²) in [4.78, 5) is 23.1. The molecule has 0 saturated carbocycles. The average molecular weight is 245 g/mol. The van der Waals surface area contributed by atoms with Gasteiger partial charge in [0.1, 0.15) is 11.6 Å². The normalized spacial score (nSPS) is 11.9. The van der Waals surface area contributed by atoms with Crippen LogP contribution in [-0.2, 0) is 0 Å². The Balaban J connectivity index is 2.07. The number of pyridine rings is 1. The van der Waals surface area contributed by atoms with Gasteiger partial charge in [-0.2, -0.15) is 0 Å². The van der Waals surface area contributed by atoms with E-state index in [-0.39, 0.29) is 11.9 Å². The number of imidazole rings is 1. The molecule has 0 fully saturated rings. The first-order chi connectivity index (χ1) is 8.70. The van der Waals surface area contributed by atoms with Crippen molar-refractivity contribution in [3.8, 4) is 0 Å². The number of aromatic amines is 1. The lowest BCUT2D eigenvalue weighted by Crippen LogP contribution is -2.27. The molecule has 1 atom stereocenters. The van der Waals surface area contributed by atoms with Gasteiger partial charge in [-0.15, -0.1) is 0 Å². The molecule has 3 N–H and O–H groups in total. The first-order valence-corrected chi connectivity index (χ1v) is 5.64. The Bertz CT molecular complexity index is 523. The smallest absolute Gasteiger partial charge is 0.252 e. The van der Waals surface area contributed by atoms with Crippen LogP contribution in [0.3, 0.4) is 0 Å². The molecule has 6 nitrogen and oxygen atoms in total. The number of carbonyl (C=O) groups excluding carboxylic acids is 1. The average Bonchev–Trinajstić information content (AvgIpc) is 2.92. The molecule has 2 aromatic rings. The summed E-state index contributed by atoms with van der Waals surface area (Å²) in [7, 11) is 1.76. The third-order valence-corrected chi connectivity index (χ3v) is 2.56. The van der Waals surface area contributed by atoms with Crippen molar-refractivity contribution in [1.29, 1.82) is 0 Å². The van der Waals surface area contributed by atoms with E-state index in [1.807, 2.05) is 6.92 Å². The van der Waals surface area contributed by atoms with E-state index in [1.54, 1.807) is 37.8 Å². The zero-order valence-corrected chi connectivity index (χ0v) is 10.3. The number of anilines is 1. The molecule has 2 rings (SSSR count). The highest BCUT2D eigenvalue weighted by Gasteiger charge is 2.13. The maximum atomic E-state index is 12.0. The Hall–Kier alpha value is -2.37. The molecule has 0 aromatic carbocycles. The maximum absolute atomic E-state index is 12.0. The number of nitrogens with zero attached hydrogens (tertiary/aromatic N) is 2. The number of carbonyl (C=O) groups is 1. The summed E-state index contributed by atoms with van der Waals surface area (Å²) in [6.07, 6.45) is 4.98. The summed E-state index contributed by atoms with van der Waals surface area (Å²) in [5.74, 6) is 1.23. The highest BCUT2D eigenvalue weighted by molar-refractivity contribution is 5.94. The standard InChI is InChI=1S/C12H15N5O/c1-8(11-15-5-6-16-11)17-12(18)9-3-4-14-10(7-9)13-2/h3-8H,1-2H3,(H,13,14)(H,15,16)(H,17,18). The van der Waals surface area contributed by atoms with Crippen molar-refractivity contribution >= 4 is 11.7 Å². The Labute approximate surface area is 105 Å². The number of rotatable bonds is 4. The van der Waals surface area contributed by atoms with Crippen LogP contribution in [0.4, 0.5) is 5.82 Å². The lowest BCUT2D eigenvalue weighted by atomic mass is 10.2. The molecule has 0 saturated heterocycles. The van der Waals surface area contributed by atoms with Crippen LogP contribution in [0.1, 0.15) is 29.1 Å².